The first-order valence-corrected chi connectivity index (χ1v) is 13.0. The summed E-state index contributed by atoms with van der Waals surface area (Å²) in [4.78, 5) is 19.8. The van der Waals surface area contributed by atoms with Crippen LogP contribution in [0.4, 0.5) is 11.4 Å². The van der Waals surface area contributed by atoms with Gasteiger partial charge in [-0.1, -0.05) is 11.6 Å². The molecule has 1 aromatic carbocycles. The number of aromatic nitrogens is 1. The Morgan fingerprint density at radius 3 is 2.42 bits per heavy atom. The van der Waals surface area contributed by atoms with E-state index in [9.17, 15) is 13.2 Å². The minimum Gasteiger partial charge on any atom is -0.379 e. The van der Waals surface area contributed by atoms with E-state index in [0.29, 0.717) is 37.6 Å². The molecule has 2 aliphatic heterocycles. The molecule has 0 atom stereocenters. The number of ether oxygens (including phenoxy) is 1. The molecule has 2 fully saturated rings. The number of anilines is 2. The highest BCUT2D eigenvalue weighted by Crippen LogP contribution is 2.33. The molecule has 2 aromatic rings. The standard InChI is InChI=1S/C23H29ClN4O4S/c1-16-14-17(2)25-22(24)21(16)23(29)26-19-15-18(33(30,31)28-10-12-32-13-11-28)6-7-20(19)27-8-4-3-5-9-27/h6-7,14-15H,3-5,8-13H2,1-2H3,(H,26,29). The van der Waals surface area contributed by atoms with Crippen molar-refractivity contribution in [3.8, 4) is 0 Å². The van der Waals surface area contributed by atoms with E-state index >= 15 is 0 Å². The molecule has 178 valence electrons. The summed E-state index contributed by atoms with van der Waals surface area (Å²) in [6.07, 6.45) is 3.26. The molecule has 8 nitrogen and oxygen atoms in total. The fourth-order valence-electron chi connectivity index (χ4n) is 4.37. The van der Waals surface area contributed by atoms with Gasteiger partial charge in [0.2, 0.25) is 10.0 Å². The van der Waals surface area contributed by atoms with Gasteiger partial charge in [0.15, 0.2) is 0 Å². The van der Waals surface area contributed by atoms with Crippen molar-refractivity contribution in [2.75, 3.05) is 49.6 Å². The second-order valence-corrected chi connectivity index (χ2v) is 10.7. The predicted molar refractivity (Wildman–Crippen MR) is 129 cm³/mol. The zero-order valence-electron chi connectivity index (χ0n) is 18.9. The third-order valence-corrected chi connectivity index (χ3v) is 8.22. The lowest BCUT2D eigenvalue weighted by molar-refractivity contribution is 0.0730. The predicted octanol–water partition coefficient (Wildman–Crippen LogP) is 3.62. The van der Waals surface area contributed by atoms with Crippen LogP contribution in [0.25, 0.3) is 0 Å². The third kappa shape index (κ3) is 5.16. The molecule has 4 rings (SSSR count). The van der Waals surface area contributed by atoms with E-state index in [1.165, 1.54) is 4.31 Å². The topological polar surface area (TPSA) is 91.8 Å². The van der Waals surface area contributed by atoms with Crippen LogP contribution in [-0.4, -0.2) is 63.0 Å². The van der Waals surface area contributed by atoms with Crippen LogP contribution >= 0.6 is 11.6 Å². The highest BCUT2D eigenvalue weighted by molar-refractivity contribution is 7.89. The average molecular weight is 493 g/mol. The maximum atomic E-state index is 13.2. The van der Waals surface area contributed by atoms with Crippen molar-refractivity contribution in [1.29, 1.82) is 0 Å². The van der Waals surface area contributed by atoms with Crippen molar-refractivity contribution >= 4 is 38.9 Å². The lowest BCUT2D eigenvalue weighted by Gasteiger charge is -2.31. The Morgan fingerprint density at radius 2 is 1.76 bits per heavy atom. The number of halogens is 1. The molecule has 1 aromatic heterocycles. The molecule has 0 aliphatic carbocycles. The van der Waals surface area contributed by atoms with Crippen LogP contribution in [0.15, 0.2) is 29.2 Å². The summed E-state index contributed by atoms with van der Waals surface area (Å²) in [5.41, 5.74) is 2.97. The van der Waals surface area contributed by atoms with Crippen molar-refractivity contribution in [2.24, 2.45) is 0 Å². The fraction of sp³-hybridized carbons (Fsp3) is 0.478. The molecule has 2 aliphatic rings. The fourth-order valence-corrected chi connectivity index (χ4v) is 6.17. The van der Waals surface area contributed by atoms with Crippen molar-refractivity contribution in [2.45, 2.75) is 38.0 Å². The first-order chi connectivity index (χ1) is 15.8. The molecular weight excluding hydrogens is 464 g/mol. The van der Waals surface area contributed by atoms with E-state index in [4.69, 9.17) is 16.3 Å². The average Bonchev–Trinajstić information content (AvgIpc) is 2.79. The summed E-state index contributed by atoms with van der Waals surface area (Å²) < 4.78 is 33.2. The van der Waals surface area contributed by atoms with E-state index < -0.39 is 15.9 Å². The van der Waals surface area contributed by atoms with Gasteiger partial charge in [-0.2, -0.15) is 4.31 Å². The monoisotopic (exact) mass is 492 g/mol. The van der Waals surface area contributed by atoms with Crippen LogP contribution < -0.4 is 10.2 Å². The number of sulfonamides is 1. The van der Waals surface area contributed by atoms with Gasteiger partial charge in [-0.15, -0.1) is 0 Å². The van der Waals surface area contributed by atoms with Crippen LogP contribution in [0.2, 0.25) is 5.15 Å². The lowest BCUT2D eigenvalue weighted by atomic mass is 10.1. The van der Waals surface area contributed by atoms with Gasteiger partial charge in [0.25, 0.3) is 5.91 Å². The van der Waals surface area contributed by atoms with E-state index in [-0.39, 0.29) is 15.6 Å². The van der Waals surface area contributed by atoms with E-state index in [1.54, 1.807) is 31.2 Å². The molecule has 10 heteroatoms. The largest absolute Gasteiger partial charge is 0.379 e. The van der Waals surface area contributed by atoms with Crippen molar-refractivity contribution in [3.63, 3.8) is 0 Å². The Hall–Kier alpha value is -2.20. The number of nitrogens with zero attached hydrogens (tertiary/aromatic N) is 3. The zero-order chi connectivity index (χ0) is 23.6. The Kier molecular flexibility index (Phi) is 7.23. The first-order valence-electron chi connectivity index (χ1n) is 11.2. The van der Waals surface area contributed by atoms with Gasteiger partial charge in [-0.3, -0.25) is 4.79 Å². The highest BCUT2D eigenvalue weighted by atomic mass is 35.5. The van der Waals surface area contributed by atoms with Crippen LogP contribution in [0, 0.1) is 13.8 Å². The van der Waals surface area contributed by atoms with Crippen molar-refractivity contribution < 1.29 is 17.9 Å². The summed E-state index contributed by atoms with van der Waals surface area (Å²) in [5.74, 6) is -0.413. The summed E-state index contributed by atoms with van der Waals surface area (Å²) in [6.45, 7) is 6.67. The molecule has 0 radical (unpaired) electrons. The second-order valence-electron chi connectivity index (χ2n) is 8.44. The number of benzene rings is 1. The SMILES string of the molecule is Cc1cc(C)c(C(=O)Nc2cc(S(=O)(=O)N3CCOCC3)ccc2N2CCCCC2)c(Cl)n1. The van der Waals surface area contributed by atoms with Gasteiger partial charge in [-0.05, 0) is 62.9 Å². The number of pyridine rings is 1. The number of morpholine rings is 1. The van der Waals surface area contributed by atoms with Gasteiger partial charge in [0.05, 0.1) is 35.0 Å². The molecule has 1 amide bonds. The number of aryl methyl sites for hydroxylation is 2. The third-order valence-electron chi connectivity index (χ3n) is 6.05. The molecular formula is C23H29ClN4O4S. The van der Waals surface area contributed by atoms with Gasteiger partial charge in [-0.25, -0.2) is 13.4 Å². The normalized spacial score (nSPS) is 17.7. The molecule has 0 bridgehead atoms. The number of hydrogen-bond acceptors (Lipinski definition) is 6. The number of carbonyl (C=O) groups excluding carboxylic acids is 1. The van der Waals surface area contributed by atoms with E-state index in [1.807, 2.05) is 6.92 Å². The Balaban J connectivity index is 1.72. The summed E-state index contributed by atoms with van der Waals surface area (Å²) in [7, 11) is -3.71. The zero-order valence-corrected chi connectivity index (χ0v) is 20.5. The number of hydrogen-bond donors (Lipinski definition) is 1. The van der Waals surface area contributed by atoms with Gasteiger partial charge in [0.1, 0.15) is 5.15 Å². The lowest BCUT2D eigenvalue weighted by Crippen LogP contribution is -2.40. The molecule has 1 N–H and O–H groups in total. The van der Waals surface area contributed by atoms with Crippen LogP contribution in [0.5, 0.6) is 0 Å². The number of amides is 1. The van der Waals surface area contributed by atoms with Crippen LogP contribution in [-0.2, 0) is 14.8 Å². The highest BCUT2D eigenvalue weighted by Gasteiger charge is 2.28. The maximum Gasteiger partial charge on any atom is 0.259 e. The maximum absolute atomic E-state index is 13.2. The van der Waals surface area contributed by atoms with Gasteiger partial charge < -0.3 is 15.0 Å². The number of piperidine rings is 1. The first kappa shape index (κ1) is 23.9. The molecule has 0 unspecified atom stereocenters. The van der Waals surface area contributed by atoms with Crippen LogP contribution in [0.3, 0.4) is 0 Å². The summed E-state index contributed by atoms with van der Waals surface area (Å²) in [5, 5.41) is 3.05. The van der Waals surface area contributed by atoms with Gasteiger partial charge in [0, 0.05) is 31.9 Å². The van der Waals surface area contributed by atoms with E-state index in [2.05, 4.69) is 15.2 Å². The quantitative estimate of drug-likeness (QED) is 0.641. The van der Waals surface area contributed by atoms with Gasteiger partial charge >= 0.3 is 0 Å². The van der Waals surface area contributed by atoms with Crippen molar-refractivity contribution in [3.05, 3.63) is 46.2 Å². The molecule has 0 spiro atoms. The molecule has 33 heavy (non-hydrogen) atoms. The summed E-state index contributed by atoms with van der Waals surface area (Å²) >= 11 is 6.29. The number of nitrogens with one attached hydrogen (secondary N) is 1. The number of rotatable bonds is 5. The molecule has 3 heterocycles. The Labute approximate surface area is 199 Å². The van der Waals surface area contributed by atoms with Crippen LogP contribution in [0.1, 0.15) is 40.9 Å². The smallest absolute Gasteiger partial charge is 0.259 e. The Morgan fingerprint density at radius 1 is 1.06 bits per heavy atom. The minimum atomic E-state index is -3.71. The van der Waals surface area contributed by atoms with E-state index in [0.717, 1.165) is 43.7 Å². The summed E-state index contributed by atoms with van der Waals surface area (Å²) in [6, 6.07) is 6.76. The number of carbonyl (C=O) groups is 1. The minimum absolute atomic E-state index is 0.126. The molecule has 0 saturated carbocycles. The van der Waals surface area contributed by atoms with Crippen molar-refractivity contribution in [1.82, 2.24) is 9.29 Å². The molecule has 2 saturated heterocycles. The second kappa shape index (κ2) is 9.97. The Bertz CT molecular complexity index is 1120.